The number of rotatable bonds is 3. The Bertz CT molecular complexity index is 341. The summed E-state index contributed by atoms with van der Waals surface area (Å²) in [5.74, 6) is 0.255. The molecule has 1 saturated heterocycles. The Morgan fingerprint density at radius 2 is 2.13 bits per heavy atom. The van der Waals surface area contributed by atoms with E-state index in [0.717, 1.165) is 18.5 Å². The van der Waals surface area contributed by atoms with E-state index >= 15 is 0 Å². The summed E-state index contributed by atoms with van der Waals surface area (Å²) in [6.45, 7) is 1.06. The first-order chi connectivity index (χ1) is 7.25. The van der Waals surface area contributed by atoms with E-state index in [2.05, 4.69) is 27.9 Å². The number of hydrogen-bond acceptors (Lipinski definition) is 2. The van der Waals surface area contributed by atoms with Crippen LogP contribution in [0.2, 0.25) is 0 Å². The van der Waals surface area contributed by atoms with Crippen LogP contribution in [0.25, 0.3) is 0 Å². The summed E-state index contributed by atoms with van der Waals surface area (Å²) in [7, 11) is 0. The fourth-order valence-corrected chi connectivity index (χ4v) is 2.27. The minimum absolute atomic E-state index is 0.255. The van der Waals surface area contributed by atoms with Crippen molar-refractivity contribution < 1.29 is 4.79 Å². The molecule has 1 atom stereocenters. The Kier molecular flexibility index (Phi) is 3.75. The SMILES string of the molecule is O=C(CC1CCCN1)c1ccc(I)cc1. The number of halogens is 1. The van der Waals surface area contributed by atoms with Gasteiger partial charge in [-0.05, 0) is 54.1 Å². The summed E-state index contributed by atoms with van der Waals surface area (Å²) in [5.41, 5.74) is 0.837. The molecule has 1 aromatic rings. The van der Waals surface area contributed by atoms with Crippen LogP contribution in [0, 0.1) is 3.57 Å². The van der Waals surface area contributed by atoms with Crippen molar-refractivity contribution in [2.24, 2.45) is 0 Å². The molecule has 3 heteroatoms. The topological polar surface area (TPSA) is 29.1 Å². The molecule has 0 aromatic heterocycles. The van der Waals surface area contributed by atoms with Crippen LogP contribution in [-0.2, 0) is 0 Å². The average molecular weight is 315 g/mol. The zero-order valence-electron chi connectivity index (χ0n) is 8.50. The summed E-state index contributed by atoms with van der Waals surface area (Å²) in [4.78, 5) is 11.9. The highest BCUT2D eigenvalue weighted by molar-refractivity contribution is 14.1. The van der Waals surface area contributed by atoms with Crippen LogP contribution in [0.4, 0.5) is 0 Å². The van der Waals surface area contributed by atoms with Gasteiger partial charge in [0.1, 0.15) is 0 Å². The summed E-state index contributed by atoms with van der Waals surface area (Å²) >= 11 is 2.25. The van der Waals surface area contributed by atoms with Crippen LogP contribution in [-0.4, -0.2) is 18.4 Å². The largest absolute Gasteiger partial charge is 0.314 e. The number of carbonyl (C=O) groups excluding carboxylic acids is 1. The van der Waals surface area contributed by atoms with Gasteiger partial charge < -0.3 is 5.32 Å². The number of hydrogen-bond donors (Lipinski definition) is 1. The first kappa shape index (κ1) is 11.1. The van der Waals surface area contributed by atoms with Gasteiger partial charge in [-0.3, -0.25) is 4.79 Å². The molecule has 2 nitrogen and oxygen atoms in total. The molecule has 0 spiro atoms. The van der Waals surface area contributed by atoms with E-state index in [9.17, 15) is 4.79 Å². The Labute approximate surface area is 104 Å². The normalized spacial score (nSPS) is 20.5. The van der Waals surface area contributed by atoms with Gasteiger partial charge in [0.2, 0.25) is 0 Å². The summed E-state index contributed by atoms with van der Waals surface area (Å²) in [5, 5.41) is 3.35. The van der Waals surface area contributed by atoms with Crippen molar-refractivity contribution in [1.82, 2.24) is 5.32 Å². The Balaban J connectivity index is 1.98. The maximum atomic E-state index is 11.9. The molecule has 1 aliphatic rings. The number of benzene rings is 1. The van der Waals surface area contributed by atoms with Crippen molar-refractivity contribution >= 4 is 28.4 Å². The van der Waals surface area contributed by atoms with Gasteiger partial charge >= 0.3 is 0 Å². The lowest BCUT2D eigenvalue weighted by Crippen LogP contribution is -2.24. The van der Waals surface area contributed by atoms with E-state index < -0.39 is 0 Å². The van der Waals surface area contributed by atoms with E-state index in [-0.39, 0.29) is 5.78 Å². The van der Waals surface area contributed by atoms with Gasteiger partial charge in [0.05, 0.1) is 0 Å². The molecule has 15 heavy (non-hydrogen) atoms. The van der Waals surface area contributed by atoms with E-state index in [4.69, 9.17) is 0 Å². The highest BCUT2D eigenvalue weighted by Crippen LogP contribution is 2.14. The Hall–Kier alpha value is -0.420. The van der Waals surface area contributed by atoms with Crippen LogP contribution in [0.1, 0.15) is 29.6 Å². The van der Waals surface area contributed by atoms with E-state index in [1.54, 1.807) is 0 Å². The Morgan fingerprint density at radius 3 is 2.73 bits per heavy atom. The van der Waals surface area contributed by atoms with Crippen molar-refractivity contribution in [3.8, 4) is 0 Å². The van der Waals surface area contributed by atoms with Gasteiger partial charge in [0.25, 0.3) is 0 Å². The van der Waals surface area contributed by atoms with Crippen molar-refractivity contribution in [2.45, 2.75) is 25.3 Å². The first-order valence-electron chi connectivity index (χ1n) is 5.28. The predicted molar refractivity (Wildman–Crippen MR) is 69.1 cm³/mol. The molecule has 2 rings (SSSR count). The van der Waals surface area contributed by atoms with Crippen LogP contribution >= 0.6 is 22.6 Å². The molecule has 0 bridgehead atoms. The third-order valence-electron chi connectivity index (χ3n) is 2.76. The third-order valence-corrected chi connectivity index (χ3v) is 3.48. The van der Waals surface area contributed by atoms with Crippen LogP contribution in [0.5, 0.6) is 0 Å². The average Bonchev–Trinajstić information content (AvgIpc) is 2.71. The minimum Gasteiger partial charge on any atom is -0.314 e. The highest BCUT2D eigenvalue weighted by atomic mass is 127. The molecule has 0 radical (unpaired) electrons. The lowest BCUT2D eigenvalue weighted by atomic mass is 10.0. The van der Waals surface area contributed by atoms with Gasteiger partial charge in [-0.2, -0.15) is 0 Å². The molecule has 1 N–H and O–H groups in total. The number of ketones is 1. The molecule has 1 fully saturated rings. The van der Waals surface area contributed by atoms with Gasteiger partial charge in [0.15, 0.2) is 5.78 Å². The molecule has 1 heterocycles. The van der Waals surface area contributed by atoms with Gasteiger partial charge in [-0.15, -0.1) is 0 Å². The number of nitrogens with one attached hydrogen (secondary N) is 1. The molecule has 0 saturated carbocycles. The van der Waals surface area contributed by atoms with Gasteiger partial charge in [-0.25, -0.2) is 0 Å². The van der Waals surface area contributed by atoms with Crippen molar-refractivity contribution in [1.29, 1.82) is 0 Å². The summed E-state index contributed by atoms with van der Waals surface area (Å²) in [6.07, 6.45) is 2.97. The third kappa shape index (κ3) is 3.01. The molecule has 1 aliphatic heterocycles. The molecule has 80 valence electrons. The van der Waals surface area contributed by atoms with Crippen molar-refractivity contribution in [2.75, 3.05) is 6.54 Å². The van der Waals surface area contributed by atoms with Gasteiger partial charge in [-0.1, -0.05) is 12.1 Å². The summed E-state index contributed by atoms with van der Waals surface area (Å²) < 4.78 is 1.17. The number of carbonyl (C=O) groups is 1. The number of Topliss-reactive ketones (excluding diaryl/α,β-unsaturated/α-hetero) is 1. The lowest BCUT2D eigenvalue weighted by molar-refractivity contribution is 0.0971. The van der Waals surface area contributed by atoms with Crippen molar-refractivity contribution in [3.05, 3.63) is 33.4 Å². The zero-order valence-corrected chi connectivity index (χ0v) is 10.7. The van der Waals surface area contributed by atoms with Crippen LogP contribution < -0.4 is 5.32 Å². The molecular formula is C12H14INO. The maximum Gasteiger partial charge on any atom is 0.164 e. The lowest BCUT2D eigenvalue weighted by Gasteiger charge is -2.08. The van der Waals surface area contributed by atoms with E-state index in [0.29, 0.717) is 12.5 Å². The second-order valence-electron chi connectivity index (χ2n) is 3.93. The predicted octanol–water partition coefficient (Wildman–Crippen LogP) is 2.62. The fraction of sp³-hybridized carbons (Fsp3) is 0.417. The molecular weight excluding hydrogens is 301 g/mol. The second-order valence-corrected chi connectivity index (χ2v) is 5.17. The molecule has 1 unspecified atom stereocenters. The quantitative estimate of drug-likeness (QED) is 0.686. The molecule has 0 amide bonds. The maximum absolute atomic E-state index is 11.9. The van der Waals surface area contributed by atoms with E-state index in [1.807, 2.05) is 24.3 Å². The second kappa shape index (κ2) is 5.07. The standard InChI is InChI=1S/C12H14INO/c13-10-5-3-9(4-6-10)12(15)8-11-2-1-7-14-11/h3-6,11,14H,1-2,7-8H2. The Morgan fingerprint density at radius 1 is 1.40 bits per heavy atom. The smallest absolute Gasteiger partial charge is 0.164 e. The zero-order chi connectivity index (χ0) is 10.7. The van der Waals surface area contributed by atoms with Crippen molar-refractivity contribution in [3.63, 3.8) is 0 Å². The molecule has 1 aromatic carbocycles. The van der Waals surface area contributed by atoms with Gasteiger partial charge in [0, 0.05) is 21.6 Å². The molecule has 0 aliphatic carbocycles. The van der Waals surface area contributed by atoms with E-state index in [1.165, 1.54) is 9.99 Å². The minimum atomic E-state index is 0.255. The fourth-order valence-electron chi connectivity index (χ4n) is 1.91. The van der Waals surface area contributed by atoms with Crippen LogP contribution in [0.3, 0.4) is 0 Å². The highest BCUT2D eigenvalue weighted by Gasteiger charge is 2.18. The monoisotopic (exact) mass is 315 g/mol. The summed E-state index contributed by atoms with van der Waals surface area (Å²) in [6, 6.07) is 8.20. The van der Waals surface area contributed by atoms with Crippen LogP contribution in [0.15, 0.2) is 24.3 Å². The first-order valence-corrected chi connectivity index (χ1v) is 6.36.